The van der Waals surface area contributed by atoms with Crippen LogP contribution in [-0.2, 0) is 23.6 Å². The molecule has 0 atom stereocenters. The lowest BCUT2D eigenvalue weighted by atomic mass is 10.2. The molecule has 1 N–H and O–H groups in total. The smallest absolute Gasteiger partial charge is 0.328 e. The Hall–Kier alpha value is -2.58. The Kier molecular flexibility index (Phi) is 4.88. The number of methoxy groups -OCH3 is 1. The van der Waals surface area contributed by atoms with Crippen LogP contribution in [0.3, 0.4) is 0 Å². The number of aryl methyl sites for hydroxylation is 2. The van der Waals surface area contributed by atoms with Crippen molar-refractivity contribution in [3.63, 3.8) is 0 Å². The van der Waals surface area contributed by atoms with Crippen LogP contribution in [0.1, 0.15) is 5.56 Å². The zero-order valence-corrected chi connectivity index (χ0v) is 15.7. The Morgan fingerprint density at radius 3 is 2.46 bits per heavy atom. The van der Waals surface area contributed by atoms with Gasteiger partial charge in [0.1, 0.15) is 5.75 Å². The number of imidazole rings is 1. The molecule has 3 rings (SSSR count). The van der Waals surface area contributed by atoms with E-state index in [-0.39, 0.29) is 23.7 Å². The lowest BCUT2D eigenvalue weighted by molar-refractivity contribution is 0.414. The molecule has 138 valence electrons. The second kappa shape index (κ2) is 6.97. The number of sulfonamides is 1. The van der Waals surface area contributed by atoms with Crippen molar-refractivity contribution >= 4 is 21.1 Å². The normalized spacial score (nSPS) is 11.8. The molecule has 0 aliphatic carbocycles. The molecule has 0 unspecified atom stereocenters. The molecule has 2 aromatic carbocycles. The van der Waals surface area contributed by atoms with Gasteiger partial charge in [0.15, 0.2) is 0 Å². The quantitative estimate of drug-likeness (QED) is 0.710. The lowest BCUT2D eigenvalue weighted by Crippen LogP contribution is -2.31. The highest BCUT2D eigenvalue weighted by Crippen LogP contribution is 2.20. The average Bonchev–Trinajstić information content (AvgIpc) is 2.86. The van der Waals surface area contributed by atoms with Crippen LogP contribution < -0.4 is 15.1 Å². The van der Waals surface area contributed by atoms with E-state index in [1.54, 1.807) is 35.2 Å². The second-order valence-electron chi connectivity index (χ2n) is 6.01. The number of nitrogens with one attached hydrogen (secondary N) is 1. The number of fused-ring (bicyclic) bond motifs is 1. The highest BCUT2D eigenvalue weighted by Gasteiger charge is 2.17. The minimum Gasteiger partial charge on any atom is -0.497 e. The summed E-state index contributed by atoms with van der Waals surface area (Å²) in [6.07, 6.45) is 0. The van der Waals surface area contributed by atoms with Gasteiger partial charge in [-0.15, -0.1) is 0 Å². The summed E-state index contributed by atoms with van der Waals surface area (Å²) in [6, 6.07) is 12.2. The fraction of sp³-hybridized carbons (Fsp3) is 0.278. The van der Waals surface area contributed by atoms with E-state index in [0.717, 1.165) is 11.0 Å². The minimum absolute atomic E-state index is 0.113. The van der Waals surface area contributed by atoms with Crippen molar-refractivity contribution in [3.05, 3.63) is 58.5 Å². The van der Waals surface area contributed by atoms with Gasteiger partial charge in [0.2, 0.25) is 10.0 Å². The lowest BCUT2D eigenvalue weighted by Gasteiger charge is -2.11. The second-order valence-corrected chi connectivity index (χ2v) is 7.75. The molecular formula is C18H21N3O4S. The maximum Gasteiger partial charge on any atom is 0.328 e. The predicted molar refractivity (Wildman–Crippen MR) is 100 cm³/mol. The molecule has 0 spiro atoms. The van der Waals surface area contributed by atoms with E-state index >= 15 is 0 Å². The fourth-order valence-corrected chi connectivity index (χ4v) is 4.24. The summed E-state index contributed by atoms with van der Waals surface area (Å²) >= 11 is 0. The average molecular weight is 375 g/mol. The number of rotatable bonds is 6. The third-order valence-electron chi connectivity index (χ3n) is 4.35. The van der Waals surface area contributed by atoms with Crippen LogP contribution in [0.25, 0.3) is 11.0 Å². The van der Waals surface area contributed by atoms with Crippen LogP contribution >= 0.6 is 0 Å². The topological polar surface area (TPSA) is 82.3 Å². The Bertz CT molecular complexity index is 1110. The van der Waals surface area contributed by atoms with E-state index in [0.29, 0.717) is 11.3 Å². The largest absolute Gasteiger partial charge is 0.497 e. The van der Waals surface area contributed by atoms with Crippen LogP contribution in [0.15, 0.2) is 52.2 Å². The molecule has 1 heterocycles. The summed E-state index contributed by atoms with van der Waals surface area (Å²) in [5.74, 6) is 0.601. The molecule has 0 radical (unpaired) electrons. The van der Waals surface area contributed by atoms with E-state index in [4.69, 9.17) is 4.74 Å². The van der Waals surface area contributed by atoms with Gasteiger partial charge in [-0.25, -0.2) is 17.9 Å². The van der Waals surface area contributed by atoms with Crippen molar-refractivity contribution in [2.75, 3.05) is 13.7 Å². The summed E-state index contributed by atoms with van der Waals surface area (Å²) in [6.45, 7) is 2.07. The van der Waals surface area contributed by atoms with Gasteiger partial charge in [-0.2, -0.15) is 0 Å². The third kappa shape index (κ3) is 3.25. The maximum absolute atomic E-state index is 12.6. The van der Waals surface area contributed by atoms with Gasteiger partial charge < -0.3 is 4.74 Å². The van der Waals surface area contributed by atoms with Crippen molar-refractivity contribution in [1.82, 2.24) is 13.9 Å². The predicted octanol–water partition coefficient (Wildman–Crippen LogP) is 1.64. The molecule has 26 heavy (non-hydrogen) atoms. The molecule has 0 fully saturated rings. The number of hydrogen-bond donors (Lipinski definition) is 1. The van der Waals surface area contributed by atoms with Crippen molar-refractivity contribution in [2.24, 2.45) is 7.05 Å². The molecule has 0 saturated heterocycles. The summed E-state index contributed by atoms with van der Waals surface area (Å²) in [7, 11) is -0.442. The molecule has 0 aliphatic rings. The highest BCUT2D eigenvalue weighted by molar-refractivity contribution is 7.89. The first kappa shape index (κ1) is 18.2. The molecule has 0 aliphatic heterocycles. The van der Waals surface area contributed by atoms with Crippen molar-refractivity contribution in [1.29, 1.82) is 0 Å². The summed E-state index contributed by atoms with van der Waals surface area (Å²) in [5.41, 5.74) is 2.01. The number of aromatic nitrogens is 2. The van der Waals surface area contributed by atoms with Gasteiger partial charge in [-0.3, -0.25) is 9.13 Å². The molecule has 0 bridgehead atoms. The van der Waals surface area contributed by atoms with Gasteiger partial charge >= 0.3 is 5.69 Å². The van der Waals surface area contributed by atoms with Crippen LogP contribution in [0.4, 0.5) is 0 Å². The molecule has 7 nitrogen and oxygen atoms in total. The number of nitrogens with zero attached hydrogens (tertiary/aromatic N) is 2. The number of hydrogen-bond acceptors (Lipinski definition) is 4. The van der Waals surface area contributed by atoms with Crippen LogP contribution in [0.2, 0.25) is 0 Å². The van der Waals surface area contributed by atoms with E-state index in [1.807, 2.05) is 24.3 Å². The van der Waals surface area contributed by atoms with Crippen molar-refractivity contribution < 1.29 is 13.2 Å². The van der Waals surface area contributed by atoms with Crippen LogP contribution in [0.5, 0.6) is 5.75 Å². The molecule has 8 heteroatoms. The first-order valence-corrected chi connectivity index (χ1v) is 9.62. The van der Waals surface area contributed by atoms with E-state index in [1.165, 1.54) is 13.2 Å². The van der Waals surface area contributed by atoms with Gasteiger partial charge in [-0.1, -0.05) is 12.1 Å². The molecule has 3 aromatic rings. The summed E-state index contributed by atoms with van der Waals surface area (Å²) in [5, 5.41) is 0. The zero-order chi connectivity index (χ0) is 18.9. The molecule has 1 aromatic heterocycles. The molecule has 0 saturated carbocycles. The Morgan fingerprint density at radius 1 is 1.12 bits per heavy atom. The highest BCUT2D eigenvalue weighted by atomic mass is 32.2. The van der Waals surface area contributed by atoms with E-state index in [2.05, 4.69) is 4.72 Å². The van der Waals surface area contributed by atoms with Crippen molar-refractivity contribution in [2.45, 2.75) is 18.4 Å². The standard InChI is InChI=1S/C18H21N3O4S/c1-13-12-14(25-3)8-9-17(13)26(23,24)19-10-11-21-16-7-5-4-6-15(16)20(2)18(21)22/h4-9,12,19H,10-11H2,1-3H3. The summed E-state index contributed by atoms with van der Waals surface area (Å²) in [4.78, 5) is 12.6. The van der Waals surface area contributed by atoms with Crippen LogP contribution in [-0.4, -0.2) is 31.2 Å². The molecular weight excluding hydrogens is 354 g/mol. The molecule has 0 amide bonds. The minimum atomic E-state index is -3.67. The number of benzene rings is 2. The van der Waals surface area contributed by atoms with Crippen LogP contribution in [0, 0.1) is 6.92 Å². The maximum atomic E-state index is 12.6. The van der Waals surface area contributed by atoms with Gasteiger partial charge in [0, 0.05) is 20.1 Å². The van der Waals surface area contributed by atoms with Crippen molar-refractivity contribution in [3.8, 4) is 5.75 Å². The van der Waals surface area contributed by atoms with Gasteiger partial charge in [-0.05, 0) is 42.8 Å². The van der Waals surface area contributed by atoms with Gasteiger partial charge in [0.25, 0.3) is 0 Å². The Balaban J connectivity index is 1.80. The summed E-state index contributed by atoms with van der Waals surface area (Å²) < 4.78 is 35.9. The first-order chi connectivity index (χ1) is 12.3. The SMILES string of the molecule is COc1ccc(S(=O)(=O)NCCn2c(=O)n(C)c3ccccc32)c(C)c1. The first-order valence-electron chi connectivity index (χ1n) is 8.13. The Labute approximate surface area is 151 Å². The van der Waals surface area contributed by atoms with E-state index < -0.39 is 10.0 Å². The Morgan fingerprint density at radius 2 is 1.81 bits per heavy atom. The van der Waals surface area contributed by atoms with E-state index in [9.17, 15) is 13.2 Å². The number of para-hydroxylation sites is 2. The third-order valence-corrected chi connectivity index (χ3v) is 5.97. The van der Waals surface area contributed by atoms with Gasteiger partial charge in [0.05, 0.1) is 23.0 Å². The number of ether oxygens (including phenoxy) is 1. The zero-order valence-electron chi connectivity index (χ0n) is 14.9. The fourth-order valence-electron chi connectivity index (χ4n) is 3.00. The monoisotopic (exact) mass is 375 g/mol.